The third-order valence-electron chi connectivity index (χ3n) is 9.74. The third-order valence-corrected chi connectivity index (χ3v) is 9.74. The van der Waals surface area contributed by atoms with Crippen LogP contribution < -0.4 is 17.2 Å². The normalized spacial score (nSPS) is 10.5. The standard InChI is InChI=1S/C27H18O3.C24H21N3/c28-16-19-1-7-22(8-2-19)25-13-26(23-9-3-20(17-29)4-10-23)15-27(14-25)24-11-5-21(18-30)6-12-24;25-22-7-1-16(2-8-22)19-13-20(17-3-9-23(26)10-4-17)15-21(14-19)18-5-11-24(27)12-6-18/h1-18H;1-15H,25-27H2. The molecule has 0 spiro atoms. The molecule has 0 saturated carbocycles. The Morgan fingerprint density at radius 1 is 0.228 bits per heavy atom. The molecule has 8 rings (SSSR count). The first-order valence-electron chi connectivity index (χ1n) is 18.3. The summed E-state index contributed by atoms with van der Waals surface area (Å²) in [7, 11) is 0. The van der Waals surface area contributed by atoms with Gasteiger partial charge in [0.25, 0.3) is 0 Å². The Balaban J connectivity index is 0.000000175. The molecular weight excluding hydrogens is 703 g/mol. The maximum absolute atomic E-state index is 11.0. The van der Waals surface area contributed by atoms with Crippen LogP contribution in [0, 0.1) is 0 Å². The van der Waals surface area contributed by atoms with Gasteiger partial charge < -0.3 is 17.2 Å². The van der Waals surface area contributed by atoms with Gasteiger partial charge in [0, 0.05) is 33.8 Å². The lowest BCUT2D eigenvalue weighted by Gasteiger charge is -2.12. The average molecular weight is 742 g/mol. The number of hydrogen-bond donors (Lipinski definition) is 3. The van der Waals surface area contributed by atoms with Crippen molar-refractivity contribution < 1.29 is 14.4 Å². The Morgan fingerprint density at radius 3 is 0.544 bits per heavy atom. The molecule has 0 bridgehead atoms. The predicted octanol–water partition coefficient (Wildman–Crippen LogP) is 11.6. The number of rotatable bonds is 9. The van der Waals surface area contributed by atoms with E-state index in [9.17, 15) is 14.4 Å². The Labute approximate surface area is 331 Å². The quantitative estimate of drug-likeness (QED) is 0.0997. The zero-order valence-electron chi connectivity index (χ0n) is 31.0. The lowest BCUT2D eigenvalue weighted by Crippen LogP contribution is -1.89. The number of anilines is 3. The molecule has 0 aliphatic carbocycles. The van der Waals surface area contributed by atoms with Gasteiger partial charge in [-0.15, -0.1) is 0 Å². The third kappa shape index (κ3) is 9.11. The van der Waals surface area contributed by atoms with E-state index in [4.69, 9.17) is 17.2 Å². The summed E-state index contributed by atoms with van der Waals surface area (Å²) in [6, 6.07) is 59.0. The van der Waals surface area contributed by atoms with Crippen molar-refractivity contribution in [2.45, 2.75) is 0 Å². The highest BCUT2D eigenvalue weighted by molar-refractivity contribution is 5.85. The van der Waals surface area contributed by atoms with Crippen molar-refractivity contribution in [1.29, 1.82) is 0 Å². The van der Waals surface area contributed by atoms with Gasteiger partial charge in [0.05, 0.1) is 0 Å². The summed E-state index contributed by atoms with van der Waals surface area (Å²) in [5.41, 5.74) is 34.5. The lowest BCUT2D eigenvalue weighted by atomic mass is 9.92. The lowest BCUT2D eigenvalue weighted by molar-refractivity contribution is 0.111. The van der Waals surface area contributed by atoms with E-state index in [1.54, 1.807) is 36.4 Å². The minimum absolute atomic E-state index is 0.629. The average Bonchev–Trinajstić information content (AvgIpc) is 3.27. The maximum atomic E-state index is 11.0. The van der Waals surface area contributed by atoms with Crippen molar-refractivity contribution in [2.24, 2.45) is 0 Å². The van der Waals surface area contributed by atoms with Crippen molar-refractivity contribution in [2.75, 3.05) is 17.2 Å². The van der Waals surface area contributed by atoms with Gasteiger partial charge in [0.2, 0.25) is 0 Å². The summed E-state index contributed by atoms with van der Waals surface area (Å²) in [5.74, 6) is 0. The van der Waals surface area contributed by atoms with E-state index >= 15 is 0 Å². The molecule has 8 aromatic carbocycles. The molecule has 0 atom stereocenters. The summed E-state index contributed by atoms with van der Waals surface area (Å²) < 4.78 is 0. The summed E-state index contributed by atoms with van der Waals surface area (Å²) in [6.45, 7) is 0. The van der Waals surface area contributed by atoms with Crippen LogP contribution >= 0.6 is 0 Å². The second kappa shape index (κ2) is 17.1. The second-order valence-corrected chi connectivity index (χ2v) is 13.7. The molecule has 6 N–H and O–H groups in total. The van der Waals surface area contributed by atoms with Gasteiger partial charge in [-0.05, 0) is 140 Å². The highest BCUT2D eigenvalue weighted by Gasteiger charge is 2.10. The molecular formula is C51H39N3O3. The molecule has 6 nitrogen and oxygen atoms in total. The largest absolute Gasteiger partial charge is 0.399 e. The van der Waals surface area contributed by atoms with E-state index in [0.29, 0.717) is 16.7 Å². The van der Waals surface area contributed by atoms with Crippen molar-refractivity contribution >= 4 is 35.9 Å². The van der Waals surface area contributed by atoms with Gasteiger partial charge in [-0.2, -0.15) is 0 Å². The zero-order valence-corrected chi connectivity index (χ0v) is 31.0. The Hall–Kier alpha value is -7.83. The van der Waals surface area contributed by atoms with Crippen LogP contribution in [-0.4, -0.2) is 18.9 Å². The highest BCUT2D eigenvalue weighted by Crippen LogP contribution is 2.35. The first kappa shape index (κ1) is 37.5. The summed E-state index contributed by atoms with van der Waals surface area (Å²) >= 11 is 0. The van der Waals surface area contributed by atoms with Crippen LogP contribution in [0.25, 0.3) is 66.8 Å². The summed E-state index contributed by atoms with van der Waals surface area (Å²) in [5, 5.41) is 0. The fourth-order valence-electron chi connectivity index (χ4n) is 6.54. The molecule has 0 unspecified atom stereocenters. The highest BCUT2D eigenvalue weighted by atomic mass is 16.1. The number of hydrogen-bond acceptors (Lipinski definition) is 6. The van der Waals surface area contributed by atoms with E-state index in [-0.39, 0.29) is 0 Å². The molecule has 0 fully saturated rings. The van der Waals surface area contributed by atoms with Crippen molar-refractivity contribution in [1.82, 2.24) is 0 Å². The molecule has 0 saturated heterocycles. The van der Waals surface area contributed by atoms with Crippen molar-refractivity contribution in [3.8, 4) is 66.8 Å². The van der Waals surface area contributed by atoms with Gasteiger partial charge >= 0.3 is 0 Å². The van der Waals surface area contributed by atoms with Gasteiger partial charge in [-0.25, -0.2) is 0 Å². The van der Waals surface area contributed by atoms with E-state index in [1.165, 1.54) is 0 Å². The molecule has 0 aromatic heterocycles. The fraction of sp³-hybridized carbons (Fsp3) is 0. The second-order valence-electron chi connectivity index (χ2n) is 13.7. The van der Waals surface area contributed by atoms with Gasteiger partial charge in [-0.3, -0.25) is 14.4 Å². The van der Waals surface area contributed by atoms with Crippen molar-refractivity contribution in [3.63, 3.8) is 0 Å². The number of nitrogens with two attached hydrogens (primary N) is 3. The first-order valence-corrected chi connectivity index (χ1v) is 18.3. The SMILES string of the molecule is Nc1ccc(-c2cc(-c3ccc(N)cc3)cc(-c3ccc(N)cc3)c2)cc1.O=Cc1ccc(-c2cc(-c3ccc(C=O)cc3)cc(-c3ccc(C=O)cc3)c2)cc1. The maximum Gasteiger partial charge on any atom is 0.150 e. The number of nitrogen functional groups attached to an aromatic ring is 3. The van der Waals surface area contributed by atoms with E-state index in [2.05, 4.69) is 36.4 Å². The molecule has 8 aromatic rings. The predicted molar refractivity (Wildman–Crippen MR) is 235 cm³/mol. The smallest absolute Gasteiger partial charge is 0.150 e. The monoisotopic (exact) mass is 741 g/mol. The molecule has 0 aliphatic heterocycles. The van der Waals surface area contributed by atoms with E-state index in [0.717, 1.165) is 103 Å². The first-order chi connectivity index (χ1) is 27.8. The van der Waals surface area contributed by atoms with Crippen LogP contribution in [0.4, 0.5) is 17.1 Å². The van der Waals surface area contributed by atoms with Gasteiger partial charge in [-0.1, -0.05) is 109 Å². The van der Waals surface area contributed by atoms with Crippen LogP contribution in [0.3, 0.4) is 0 Å². The fourth-order valence-corrected chi connectivity index (χ4v) is 6.54. The van der Waals surface area contributed by atoms with E-state index in [1.807, 2.05) is 109 Å². The van der Waals surface area contributed by atoms with Crippen LogP contribution in [0.5, 0.6) is 0 Å². The van der Waals surface area contributed by atoms with Crippen LogP contribution in [0.15, 0.2) is 182 Å². The number of carbonyl (C=O) groups excluding carboxylic acids is 3. The van der Waals surface area contributed by atoms with Crippen LogP contribution in [-0.2, 0) is 0 Å². The minimum Gasteiger partial charge on any atom is -0.399 e. The Kier molecular flexibility index (Phi) is 11.2. The summed E-state index contributed by atoms with van der Waals surface area (Å²) in [4.78, 5) is 33.0. The van der Waals surface area contributed by atoms with E-state index < -0.39 is 0 Å². The molecule has 276 valence electrons. The zero-order chi connectivity index (χ0) is 39.7. The molecule has 0 radical (unpaired) electrons. The minimum atomic E-state index is 0.629. The topological polar surface area (TPSA) is 129 Å². The molecule has 6 heteroatoms. The van der Waals surface area contributed by atoms with Crippen LogP contribution in [0.1, 0.15) is 31.1 Å². The Bertz CT molecular complexity index is 2330. The number of benzene rings is 8. The van der Waals surface area contributed by atoms with Gasteiger partial charge in [0.15, 0.2) is 0 Å². The summed E-state index contributed by atoms with van der Waals surface area (Å²) in [6.07, 6.45) is 2.48. The molecule has 0 aliphatic rings. The number of aldehydes is 3. The van der Waals surface area contributed by atoms with Gasteiger partial charge in [0.1, 0.15) is 18.9 Å². The number of carbonyl (C=O) groups is 3. The van der Waals surface area contributed by atoms with Crippen molar-refractivity contribution in [3.05, 3.63) is 199 Å². The molecule has 0 amide bonds. The Morgan fingerprint density at radius 2 is 0.386 bits per heavy atom. The molecule has 57 heavy (non-hydrogen) atoms. The molecule has 0 heterocycles. The van der Waals surface area contributed by atoms with Crippen LogP contribution in [0.2, 0.25) is 0 Å².